The molecule has 0 spiro atoms. The molecule has 2 aliphatic rings. The van der Waals surface area contributed by atoms with Crippen molar-refractivity contribution in [1.82, 2.24) is 4.90 Å². The molecule has 0 radical (unpaired) electrons. The summed E-state index contributed by atoms with van der Waals surface area (Å²) >= 11 is 0. The largest absolute Gasteiger partial charge is 0.340 e. The van der Waals surface area contributed by atoms with Crippen LogP contribution in [0.4, 0.5) is 0 Å². The van der Waals surface area contributed by atoms with Crippen LogP contribution in [0.5, 0.6) is 0 Å². The van der Waals surface area contributed by atoms with Crippen molar-refractivity contribution in [3.63, 3.8) is 0 Å². The smallest absolute Gasteiger partial charge is 0.227 e. The maximum absolute atomic E-state index is 12.5. The van der Waals surface area contributed by atoms with Gasteiger partial charge in [0, 0.05) is 19.1 Å². The molecule has 1 aliphatic heterocycles. The normalized spacial score (nSPS) is 26.1. The van der Waals surface area contributed by atoms with Crippen LogP contribution in [-0.4, -0.2) is 29.9 Å². The van der Waals surface area contributed by atoms with Gasteiger partial charge in [0.2, 0.25) is 5.91 Å². The Morgan fingerprint density at radius 1 is 1.30 bits per heavy atom. The Labute approximate surface area is 121 Å². The van der Waals surface area contributed by atoms with Crippen molar-refractivity contribution in [3.05, 3.63) is 34.9 Å². The molecular weight excluding hydrogens is 248 g/mol. The molecule has 1 heterocycles. The number of amides is 1. The van der Waals surface area contributed by atoms with Gasteiger partial charge in [0.05, 0.1) is 6.42 Å². The van der Waals surface area contributed by atoms with E-state index in [1.807, 2.05) is 4.90 Å². The van der Waals surface area contributed by atoms with Crippen LogP contribution in [0.15, 0.2) is 18.2 Å². The third-order valence-corrected chi connectivity index (χ3v) is 4.84. The molecule has 1 aromatic carbocycles. The number of rotatable bonds is 3. The molecule has 108 valence electrons. The van der Waals surface area contributed by atoms with Crippen LogP contribution in [0.1, 0.15) is 29.5 Å². The van der Waals surface area contributed by atoms with Crippen molar-refractivity contribution in [2.24, 2.45) is 17.6 Å². The SMILES string of the molecule is Cc1ccc(C)c(CC(=O)N2C[C@H](C3CC3)[C@@H](N)C2)c1. The van der Waals surface area contributed by atoms with E-state index in [-0.39, 0.29) is 11.9 Å². The van der Waals surface area contributed by atoms with E-state index in [0.29, 0.717) is 12.3 Å². The maximum Gasteiger partial charge on any atom is 0.227 e. The molecule has 2 atom stereocenters. The molecule has 0 bridgehead atoms. The van der Waals surface area contributed by atoms with Crippen LogP contribution in [0.2, 0.25) is 0 Å². The van der Waals surface area contributed by atoms with Gasteiger partial charge in [0.1, 0.15) is 0 Å². The van der Waals surface area contributed by atoms with Crippen molar-refractivity contribution < 1.29 is 4.79 Å². The Morgan fingerprint density at radius 3 is 2.75 bits per heavy atom. The van der Waals surface area contributed by atoms with E-state index in [2.05, 4.69) is 32.0 Å². The minimum absolute atomic E-state index is 0.185. The minimum atomic E-state index is 0.185. The first-order valence-corrected chi connectivity index (χ1v) is 7.64. The second-order valence-corrected chi connectivity index (χ2v) is 6.57. The van der Waals surface area contributed by atoms with Crippen molar-refractivity contribution in [2.45, 2.75) is 39.2 Å². The fourth-order valence-electron chi connectivity index (χ4n) is 3.35. The van der Waals surface area contributed by atoms with Gasteiger partial charge in [-0.25, -0.2) is 0 Å². The number of aryl methyl sites for hydroxylation is 2. The summed E-state index contributed by atoms with van der Waals surface area (Å²) in [6.07, 6.45) is 3.12. The summed E-state index contributed by atoms with van der Waals surface area (Å²) in [6.45, 7) is 5.76. The molecule has 1 saturated carbocycles. The van der Waals surface area contributed by atoms with Gasteiger partial charge >= 0.3 is 0 Å². The molecule has 3 heteroatoms. The van der Waals surface area contributed by atoms with E-state index >= 15 is 0 Å². The minimum Gasteiger partial charge on any atom is -0.340 e. The quantitative estimate of drug-likeness (QED) is 0.915. The first-order chi connectivity index (χ1) is 9.54. The van der Waals surface area contributed by atoms with Crippen molar-refractivity contribution in [2.75, 3.05) is 13.1 Å². The number of hydrogen-bond acceptors (Lipinski definition) is 2. The molecule has 2 fully saturated rings. The van der Waals surface area contributed by atoms with Crippen LogP contribution < -0.4 is 5.73 Å². The number of hydrogen-bond donors (Lipinski definition) is 1. The summed E-state index contributed by atoms with van der Waals surface area (Å²) in [5.41, 5.74) is 9.77. The molecular formula is C17H24N2O. The van der Waals surface area contributed by atoms with E-state index < -0.39 is 0 Å². The molecule has 3 rings (SSSR count). The Kier molecular flexibility index (Phi) is 3.55. The highest BCUT2D eigenvalue weighted by Gasteiger charge is 2.41. The first kappa shape index (κ1) is 13.6. The number of carbonyl (C=O) groups is 1. The lowest BCUT2D eigenvalue weighted by Gasteiger charge is -2.17. The van der Waals surface area contributed by atoms with Crippen molar-refractivity contribution in [3.8, 4) is 0 Å². The van der Waals surface area contributed by atoms with Gasteiger partial charge in [0.15, 0.2) is 0 Å². The monoisotopic (exact) mass is 272 g/mol. The zero-order valence-electron chi connectivity index (χ0n) is 12.4. The van der Waals surface area contributed by atoms with E-state index in [4.69, 9.17) is 5.73 Å². The predicted octanol–water partition coefficient (Wildman–Crippen LogP) is 2.04. The van der Waals surface area contributed by atoms with Gasteiger partial charge in [-0.1, -0.05) is 23.8 Å². The lowest BCUT2D eigenvalue weighted by atomic mass is 9.99. The first-order valence-electron chi connectivity index (χ1n) is 7.64. The molecule has 1 aliphatic carbocycles. The van der Waals surface area contributed by atoms with Crippen molar-refractivity contribution >= 4 is 5.91 Å². The predicted molar refractivity (Wildman–Crippen MR) is 80.4 cm³/mol. The Balaban J connectivity index is 1.66. The third kappa shape index (κ3) is 2.73. The van der Waals surface area contributed by atoms with Gasteiger partial charge in [-0.2, -0.15) is 0 Å². The number of nitrogens with zero attached hydrogens (tertiary/aromatic N) is 1. The summed E-state index contributed by atoms with van der Waals surface area (Å²) in [5.74, 6) is 1.55. The fourth-order valence-corrected chi connectivity index (χ4v) is 3.35. The highest BCUT2D eigenvalue weighted by molar-refractivity contribution is 5.79. The summed E-state index contributed by atoms with van der Waals surface area (Å²) in [5, 5.41) is 0. The van der Waals surface area contributed by atoms with E-state index in [1.165, 1.54) is 24.0 Å². The lowest BCUT2D eigenvalue weighted by Crippen LogP contribution is -2.33. The standard InChI is InChI=1S/C17H24N2O/c1-11-3-4-12(2)14(7-11)8-17(20)19-9-15(13-5-6-13)16(18)10-19/h3-4,7,13,15-16H,5-6,8-10,18H2,1-2H3/t15-,16+/m1/s1. The molecule has 1 amide bonds. The second kappa shape index (κ2) is 5.21. The molecule has 1 aromatic rings. The zero-order valence-corrected chi connectivity index (χ0v) is 12.4. The summed E-state index contributed by atoms with van der Waals surface area (Å²) in [4.78, 5) is 14.5. The van der Waals surface area contributed by atoms with Gasteiger partial charge in [-0.05, 0) is 49.7 Å². The van der Waals surface area contributed by atoms with Crippen LogP contribution in [0, 0.1) is 25.7 Å². The summed E-state index contributed by atoms with van der Waals surface area (Å²) in [7, 11) is 0. The fraction of sp³-hybridized carbons (Fsp3) is 0.588. The third-order valence-electron chi connectivity index (χ3n) is 4.84. The van der Waals surface area contributed by atoms with Crippen molar-refractivity contribution in [1.29, 1.82) is 0 Å². The Morgan fingerprint density at radius 2 is 2.05 bits per heavy atom. The average Bonchev–Trinajstić information content (AvgIpc) is 3.17. The maximum atomic E-state index is 12.5. The zero-order chi connectivity index (χ0) is 14.3. The summed E-state index contributed by atoms with van der Waals surface area (Å²) in [6, 6.07) is 6.51. The molecule has 20 heavy (non-hydrogen) atoms. The molecule has 3 nitrogen and oxygen atoms in total. The van der Waals surface area contributed by atoms with Crippen LogP contribution in [0.25, 0.3) is 0 Å². The van der Waals surface area contributed by atoms with Crippen LogP contribution in [0.3, 0.4) is 0 Å². The molecule has 0 unspecified atom stereocenters. The topological polar surface area (TPSA) is 46.3 Å². The second-order valence-electron chi connectivity index (χ2n) is 6.57. The van der Waals surface area contributed by atoms with E-state index in [1.54, 1.807) is 0 Å². The Bertz CT molecular complexity index is 522. The number of carbonyl (C=O) groups excluding carboxylic acids is 1. The average molecular weight is 272 g/mol. The molecule has 0 aromatic heterocycles. The van der Waals surface area contributed by atoms with E-state index in [9.17, 15) is 4.79 Å². The molecule has 1 saturated heterocycles. The highest BCUT2D eigenvalue weighted by Crippen LogP contribution is 2.40. The van der Waals surface area contributed by atoms with E-state index in [0.717, 1.165) is 24.6 Å². The van der Waals surface area contributed by atoms with Crippen LogP contribution in [-0.2, 0) is 11.2 Å². The van der Waals surface area contributed by atoms with Gasteiger partial charge < -0.3 is 10.6 Å². The Hall–Kier alpha value is -1.35. The lowest BCUT2D eigenvalue weighted by molar-refractivity contribution is -0.129. The summed E-state index contributed by atoms with van der Waals surface area (Å²) < 4.78 is 0. The highest BCUT2D eigenvalue weighted by atomic mass is 16.2. The van der Waals surface area contributed by atoms with Gasteiger partial charge in [0.25, 0.3) is 0 Å². The van der Waals surface area contributed by atoms with Crippen LogP contribution >= 0.6 is 0 Å². The van der Waals surface area contributed by atoms with Gasteiger partial charge in [-0.3, -0.25) is 4.79 Å². The molecule has 2 N–H and O–H groups in total. The number of nitrogens with two attached hydrogens (primary N) is 1. The number of likely N-dealkylation sites (tertiary alicyclic amines) is 1. The van der Waals surface area contributed by atoms with Gasteiger partial charge in [-0.15, -0.1) is 0 Å². The number of benzene rings is 1.